The van der Waals surface area contributed by atoms with Crippen LogP contribution in [0.1, 0.15) is 37.8 Å². The Morgan fingerprint density at radius 1 is 1.30 bits per heavy atom. The molecule has 3 heteroatoms. The molecule has 0 bridgehead atoms. The van der Waals surface area contributed by atoms with E-state index in [-0.39, 0.29) is 11.6 Å². The Bertz CT molecular complexity index is 892. The second-order valence-electron chi connectivity index (χ2n) is 7.92. The molecule has 0 fully saturated rings. The van der Waals surface area contributed by atoms with E-state index in [2.05, 4.69) is 103 Å². The van der Waals surface area contributed by atoms with Gasteiger partial charge in [0.1, 0.15) is 6.17 Å². The predicted molar refractivity (Wildman–Crippen MR) is 129 cm³/mol. The Morgan fingerprint density at radius 2 is 2.00 bits per heavy atom. The number of nitrogens with one attached hydrogen (secondary N) is 2. The summed E-state index contributed by atoms with van der Waals surface area (Å²) in [4.78, 5) is 2.06. The van der Waals surface area contributed by atoms with Gasteiger partial charge in [-0.25, -0.2) is 0 Å². The molecule has 1 aromatic carbocycles. The molecule has 0 aliphatic heterocycles. The number of hydrogen-bond acceptors (Lipinski definition) is 3. The summed E-state index contributed by atoms with van der Waals surface area (Å²) in [7, 11) is 3.86. The van der Waals surface area contributed by atoms with E-state index in [0.717, 1.165) is 41.8 Å². The van der Waals surface area contributed by atoms with Gasteiger partial charge in [-0.15, -0.1) is 0 Å². The van der Waals surface area contributed by atoms with E-state index >= 15 is 0 Å². The molecule has 0 radical (unpaired) electrons. The maximum atomic E-state index is 4.29. The third-order valence-electron chi connectivity index (χ3n) is 5.43. The van der Waals surface area contributed by atoms with Crippen molar-refractivity contribution < 1.29 is 0 Å². The van der Waals surface area contributed by atoms with Crippen molar-refractivity contribution in [2.24, 2.45) is 5.41 Å². The zero-order valence-corrected chi connectivity index (χ0v) is 18.9. The van der Waals surface area contributed by atoms with Crippen molar-refractivity contribution in [3.63, 3.8) is 0 Å². The van der Waals surface area contributed by atoms with Crippen LogP contribution in [0.3, 0.4) is 0 Å². The molecule has 158 valence electrons. The minimum absolute atomic E-state index is 0.127. The normalized spacial score (nSPS) is 18.3. The van der Waals surface area contributed by atoms with E-state index in [1.807, 2.05) is 14.1 Å². The minimum Gasteiger partial charge on any atom is -0.389 e. The molecule has 2 unspecified atom stereocenters. The van der Waals surface area contributed by atoms with Gasteiger partial charge >= 0.3 is 0 Å². The summed E-state index contributed by atoms with van der Waals surface area (Å²) in [6.07, 6.45) is 11.2. The lowest BCUT2D eigenvalue weighted by molar-refractivity contribution is 0.312. The standard InChI is InChI=1S/C27H35N3/c1-8-10-23-11-13-24(14-12-23)15-18-27(5)19-16-25(17-20-27)22(4)30(7)26(29-9-2)21(3)28-6/h9,11-14,16-17,19,26,28-29H,2-4,8,10,20H2,1,5-7H3. The van der Waals surface area contributed by atoms with Crippen molar-refractivity contribution in [1.29, 1.82) is 0 Å². The van der Waals surface area contributed by atoms with Gasteiger partial charge in [-0.2, -0.15) is 0 Å². The number of rotatable bonds is 9. The third-order valence-corrected chi connectivity index (χ3v) is 5.43. The summed E-state index contributed by atoms with van der Waals surface area (Å²) in [5, 5.41) is 6.31. The summed E-state index contributed by atoms with van der Waals surface area (Å²) in [5.41, 5.74) is 5.11. The number of benzene rings is 1. The summed E-state index contributed by atoms with van der Waals surface area (Å²) < 4.78 is 0. The fourth-order valence-electron chi connectivity index (χ4n) is 3.35. The van der Waals surface area contributed by atoms with Crippen LogP contribution in [0.25, 0.3) is 0 Å². The van der Waals surface area contributed by atoms with E-state index < -0.39 is 0 Å². The Labute approximate surface area is 183 Å². The molecular formula is C27H35N3. The van der Waals surface area contributed by atoms with Gasteiger partial charge in [0.25, 0.3) is 0 Å². The molecule has 1 aliphatic rings. The highest BCUT2D eigenvalue weighted by molar-refractivity contribution is 5.45. The largest absolute Gasteiger partial charge is 0.389 e. The molecule has 3 nitrogen and oxygen atoms in total. The van der Waals surface area contributed by atoms with Crippen molar-refractivity contribution in [3.8, 4) is 11.8 Å². The Balaban J connectivity index is 2.08. The first-order chi connectivity index (χ1) is 14.3. The molecule has 2 N–H and O–H groups in total. The average molecular weight is 402 g/mol. The van der Waals surface area contributed by atoms with Crippen LogP contribution in [-0.2, 0) is 6.42 Å². The maximum Gasteiger partial charge on any atom is 0.139 e. The number of allylic oxidation sites excluding steroid dienone is 3. The number of nitrogens with zero attached hydrogens (tertiary/aromatic N) is 1. The van der Waals surface area contributed by atoms with E-state index in [1.165, 1.54) is 5.56 Å². The molecule has 30 heavy (non-hydrogen) atoms. The first-order valence-corrected chi connectivity index (χ1v) is 10.5. The fourth-order valence-corrected chi connectivity index (χ4v) is 3.35. The number of hydrogen-bond donors (Lipinski definition) is 2. The molecule has 0 amide bonds. The van der Waals surface area contributed by atoms with Gasteiger partial charge in [0.15, 0.2) is 0 Å². The smallest absolute Gasteiger partial charge is 0.139 e. The summed E-state index contributed by atoms with van der Waals surface area (Å²) in [6, 6.07) is 8.59. The highest BCUT2D eigenvalue weighted by atomic mass is 15.3. The summed E-state index contributed by atoms with van der Waals surface area (Å²) in [6.45, 7) is 16.5. The topological polar surface area (TPSA) is 27.3 Å². The van der Waals surface area contributed by atoms with Crippen molar-refractivity contribution >= 4 is 0 Å². The van der Waals surface area contributed by atoms with Crippen molar-refractivity contribution in [2.45, 2.75) is 39.3 Å². The number of likely N-dealkylation sites (N-methyl/N-ethyl adjacent to an activating group) is 2. The molecular weight excluding hydrogens is 366 g/mol. The molecule has 0 saturated carbocycles. The van der Waals surface area contributed by atoms with Crippen LogP contribution >= 0.6 is 0 Å². The summed E-state index contributed by atoms with van der Waals surface area (Å²) >= 11 is 0. The number of aryl methyl sites for hydroxylation is 1. The van der Waals surface area contributed by atoms with Crippen molar-refractivity contribution in [2.75, 3.05) is 14.1 Å². The molecule has 0 aromatic heterocycles. The molecule has 0 saturated heterocycles. The van der Waals surface area contributed by atoms with Gasteiger partial charge < -0.3 is 15.5 Å². The van der Waals surface area contributed by atoms with Gasteiger partial charge in [0, 0.05) is 31.1 Å². The quantitative estimate of drug-likeness (QED) is 0.444. The second kappa shape index (κ2) is 10.6. The van der Waals surface area contributed by atoms with E-state index in [0.29, 0.717) is 0 Å². The van der Waals surface area contributed by atoms with Crippen LogP contribution in [0, 0.1) is 17.3 Å². The molecule has 1 aromatic rings. The highest BCUT2D eigenvalue weighted by Crippen LogP contribution is 2.31. The van der Waals surface area contributed by atoms with Crippen LogP contribution in [0.4, 0.5) is 0 Å². The minimum atomic E-state index is -0.183. The first-order valence-electron chi connectivity index (χ1n) is 10.5. The van der Waals surface area contributed by atoms with E-state index in [4.69, 9.17) is 0 Å². The first kappa shape index (κ1) is 23.2. The van der Waals surface area contributed by atoms with Crippen LogP contribution in [0.2, 0.25) is 0 Å². The van der Waals surface area contributed by atoms with Gasteiger partial charge in [-0.1, -0.05) is 75.3 Å². The fraction of sp³-hybridized carbons (Fsp3) is 0.333. The van der Waals surface area contributed by atoms with Crippen molar-refractivity contribution in [1.82, 2.24) is 15.5 Å². The van der Waals surface area contributed by atoms with Gasteiger partial charge in [-0.05, 0) is 49.2 Å². The predicted octanol–water partition coefficient (Wildman–Crippen LogP) is 5.12. The van der Waals surface area contributed by atoms with E-state index in [1.54, 1.807) is 6.20 Å². The van der Waals surface area contributed by atoms with Crippen LogP contribution in [0.5, 0.6) is 0 Å². The molecule has 2 rings (SSSR count). The van der Waals surface area contributed by atoms with Crippen LogP contribution in [0.15, 0.2) is 85.4 Å². The zero-order valence-electron chi connectivity index (χ0n) is 18.9. The Morgan fingerprint density at radius 3 is 2.53 bits per heavy atom. The summed E-state index contributed by atoms with van der Waals surface area (Å²) in [5.74, 6) is 6.79. The van der Waals surface area contributed by atoms with Crippen LogP contribution in [-0.4, -0.2) is 25.2 Å². The van der Waals surface area contributed by atoms with E-state index in [9.17, 15) is 0 Å². The molecule has 1 aliphatic carbocycles. The Hall–Kier alpha value is -3.12. The highest BCUT2D eigenvalue weighted by Gasteiger charge is 2.24. The molecule has 0 heterocycles. The lowest BCUT2D eigenvalue weighted by Gasteiger charge is -2.34. The van der Waals surface area contributed by atoms with Gasteiger partial charge in [0.2, 0.25) is 0 Å². The van der Waals surface area contributed by atoms with Gasteiger partial charge in [-0.3, -0.25) is 0 Å². The van der Waals surface area contributed by atoms with Gasteiger partial charge in [0.05, 0.1) is 5.41 Å². The molecule has 2 atom stereocenters. The van der Waals surface area contributed by atoms with Crippen molar-refractivity contribution in [3.05, 3.63) is 96.5 Å². The Kier molecular flexibility index (Phi) is 8.18. The zero-order chi connectivity index (χ0) is 22.1. The third kappa shape index (κ3) is 5.94. The maximum absolute atomic E-state index is 4.29. The molecule has 0 spiro atoms. The lowest BCUT2D eigenvalue weighted by atomic mass is 9.82. The monoisotopic (exact) mass is 401 g/mol. The average Bonchev–Trinajstić information content (AvgIpc) is 2.76. The second-order valence-corrected chi connectivity index (χ2v) is 7.92. The lowest BCUT2D eigenvalue weighted by Crippen LogP contribution is -2.44. The van der Waals surface area contributed by atoms with Crippen LogP contribution < -0.4 is 10.6 Å². The SMILES string of the molecule is C=CNC(C(=C)NC)N(C)C(=C)C1=CCC(C)(C#Cc2ccc(CCC)cc2)C=C1.